The Morgan fingerprint density at radius 2 is 1.91 bits per heavy atom. The summed E-state index contributed by atoms with van der Waals surface area (Å²) >= 11 is 0. The zero-order valence-electron chi connectivity index (χ0n) is 12.5. The average Bonchev–Trinajstić information content (AvgIpc) is 2.98. The van der Waals surface area contributed by atoms with Gasteiger partial charge in [-0.15, -0.1) is 0 Å². The second-order valence-corrected chi connectivity index (χ2v) is 5.34. The SMILES string of the molecule is COCc1ccccc1CNC(=O)C1Cc2ccccc2O1. The van der Waals surface area contributed by atoms with E-state index in [2.05, 4.69) is 5.32 Å². The van der Waals surface area contributed by atoms with Crippen LogP contribution < -0.4 is 10.1 Å². The lowest BCUT2D eigenvalue weighted by molar-refractivity contribution is -0.127. The summed E-state index contributed by atoms with van der Waals surface area (Å²) in [6, 6.07) is 15.7. The number of hydrogen-bond acceptors (Lipinski definition) is 3. The van der Waals surface area contributed by atoms with Gasteiger partial charge in [-0.1, -0.05) is 42.5 Å². The molecule has 0 aromatic heterocycles. The molecular weight excluding hydrogens is 278 g/mol. The third-order valence-electron chi connectivity index (χ3n) is 3.81. The first-order valence-corrected chi connectivity index (χ1v) is 7.36. The largest absolute Gasteiger partial charge is 0.480 e. The van der Waals surface area contributed by atoms with Crippen molar-refractivity contribution in [1.29, 1.82) is 0 Å². The first-order chi connectivity index (χ1) is 10.8. The number of carbonyl (C=O) groups excluding carboxylic acids is 1. The number of carbonyl (C=O) groups is 1. The van der Waals surface area contributed by atoms with Gasteiger partial charge in [-0.3, -0.25) is 4.79 Å². The molecule has 2 aromatic carbocycles. The number of para-hydroxylation sites is 1. The van der Waals surface area contributed by atoms with Crippen molar-refractivity contribution in [3.63, 3.8) is 0 Å². The van der Waals surface area contributed by atoms with Gasteiger partial charge in [0.1, 0.15) is 5.75 Å². The highest BCUT2D eigenvalue weighted by molar-refractivity contribution is 5.82. The normalized spacial score (nSPS) is 16.0. The number of methoxy groups -OCH3 is 1. The Kier molecular flexibility index (Phi) is 4.39. The minimum atomic E-state index is -0.438. The number of fused-ring (bicyclic) bond motifs is 1. The van der Waals surface area contributed by atoms with E-state index >= 15 is 0 Å². The maximum Gasteiger partial charge on any atom is 0.261 e. The molecule has 1 atom stereocenters. The van der Waals surface area contributed by atoms with E-state index in [-0.39, 0.29) is 5.91 Å². The lowest BCUT2D eigenvalue weighted by Gasteiger charge is -2.13. The predicted molar refractivity (Wildman–Crippen MR) is 83.6 cm³/mol. The van der Waals surface area contributed by atoms with Crippen LogP contribution in [0.15, 0.2) is 48.5 Å². The first kappa shape index (κ1) is 14.6. The van der Waals surface area contributed by atoms with E-state index < -0.39 is 6.10 Å². The monoisotopic (exact) mass is 297 g/mol. The molecule has 4 nitrogen and oxygen atoms in total. The zero-order chi connectivity index (χ0) is 15.4. The van der Waals surface area contributed by atoms with E-state index in [1.54, 1.807) is 7.11 Å². The Balaban J connectivity index is 1.60. The molecule has 1 aliphatic rings. The van der Waals surface area contributed by atoms with Crippen LogP contribution in [0.2, 0.25) is 0 Å². The second kappa shape index (κ2) is 6.62. The molecule has 0 saturated carbocycles. The van der Waals surface area contributed by atoms with Crippen molar-refractivity contribution in [2.45, 2.75) is 25.7 Å². The Labute approximate surface area is 130 Å². The summed E-state index contributed by atoms with van der Waals surface area (Å²) in [6.07, 6.45) is 0.189. The van der Waals surface area contributed by atoms with Gasteiger partial charge in [-0.05, 0) is 22.8 Å². The van der Waals surface area contributed by atoms with Crippen LogP contribution in [0.1, 0.15) is 16.7 Å². The molecule has 0 spiro atoms. The van der Waals surface area contributed by atoms with Gasteiger partial charge < -0.3 is 14.8 Å². The lowest BCUT2D eigenvalue weighted by Crippen LogP contribution is -2.37. The molecule has 114 valence electrons. The minimum Gasteiger partial charge on any atom is -0.480 e. The molecule has 2 aromatic rings. The van der Waals surface area contributed by atoms with E-state index in [9.17, 15) is 4.79 Å². The predicted octanol–water partition coefficient (Wildman–Crippen LogP) is 2.45. The Bertz CT molecular complexity index is 644. The van der Waals surface area contributed by atoms with Crippen molar-refractivity contribution in [2.75, 3.05) is 7.11 Å². The van der Waals surface area contributed by atoms with Crippen molar-refractivity contribution in [2.24, 2.45) is 0 Å². The highest BCUT2D eigenvalue weighted by Crippen LogP contribution is 2.28. The van der Waals surface area contributed by atoms with Crippen LogP contribution in [0.5, 0.6) is 5.75 Å². The van der Waals surface area contributed by atoms with Crippen LogP contribution in [0.3, 0.4) is 0 Å². The fourth-order valence-corrected chi connectivity index (χ4v) is 2.65. The van der Waals surface area contributed by atoms with Crippen molar-refractivity contribution in [1.82, 2.24) is 5.32 Å². The molecule has 0 aliphatic carbocycles. The first-order valence-electron chi connectivity index (χ1n) is 7.36. The molecule has 0 radical (unpaired) electrons. The lowest BCUT2D eigenvalue weighted by atomic mass is 10.1. The molecule has 1 unspecified atom stereocenters. The third kappa shape index (κ3) is 3.12. The van der Waals surface area contributed by atoms with Crippen LogP contribution in [0, 0.1) is 0 Å². The van der Waals surface area contributed by atoms with Crippen molar-refractivity contribution in [3.8, 4) is 5.75 Å². The van der Waals surface area contributed by atoms with Gasteiger partial charge >= 0.3 is 0 Å². The Morgan fingerprint density at radius 3 is 2.68 bits per heavy atom. The number of nitrogens with one attached hydrogen (secondary N) is 1. The van der Waals surface area contributed by atoms with Gasteiger partial charge in [-0.2, -0.15) is 0 Å². The summed E-state index contributed by atoms with van der Waals surface area (Å²) in [4.78, 5) is 12.3. The minimum absolute atomic E-state index is 0.0802. The van der Waals surface area contributed by atoms with E-state index in [4.69, 9.17) is 9.47 Å². The molecule has 0 saturated heterocycles. The highest BCUT2D eigenvalue weighted by atomic mass is 16.5. The van der Waals surface area contributed by atoms with Gasteiger partial charge in [0.2, 0.25) is 0 Å². The van der Waals surface area contributed by atoms with Crippen LogP contribution in [-0.2, 0) is 29.1 Å². The van der Waals surface area contributed by atoms with Gasteiger partial charge in [0, 0.05) is 20.1 Å². The number of ether oxygens (including phenoxy) is 2. The Morgan fingerprint density at radius 1 is 1.18 bits per heavy atom. The quantitative estimate of drug-likeness (QED) is 0.922. The summed E-state index contributed by atoms with van der Waals surface area (Å²) in [6.45, 7) is 1.02. The molecule has 0 fully saturated rings. The number of benzene rings is 2. The van der Waals surface area contributed by atoms with Crippen LogP contribution in [0.25, 0.3) is 0 Å². The maximum absolute atomic E-state index is 12.3. The summed E-state index contributed by atoms with van der Waals surface area (Å²) in [5, 5.41) is 2.96. The molecule has 1 heterocycles. The van der Waals surface area contributed by atoms with Gasteiger partial charge in [0.25, 0.3) is 5.91 Å². The molecule has 3 rings (SSSR count). The summed E-state index contributed by atoms with van der Waals surface area (Å²) < 4.78 is 10.9. The van der Waals surface area contributed by atoms with Crippen molar-refractivity contribution >= 4 is 5.91 Å². The molecule has 4 heteroatoms. The fourth-order valence-electron chi connectivity index (χ4n) is 2.65. The van der Waals surface area contributed by atoms with Crippen LogP contribution >= 0.6 is 0 Å². The highest BCUT2D eigenvalue weighted by Gasteiger charge is 2.28. The average molecular weight is 297 g/mol. The summed E-state index contributed by atoms with van der Waals surface area (Å²) in [5.74, 6) is 0.728. The topological polar surface area (TPSA) is 47.6 Å². The van der Waals surface area contributed by atoms with E-state index in [0.717, 1.165) is 22.4 Å². The molecule has 1 N–H and O–H groups in total. The molecule has 1 amide bonds. The van der Waals surface area contributed by atoms with E-state index in [1.807, 2.05) is 48.5 Å². The third-order valence-corrected chi connectivity index (χ3v) is 3.81. The molecular formula is C18H19NO3. The van der Waals surface area contributed by atoms with E-state index in [1.165, 1.54) is 0 Å². The van der Waals surface area contributed by atoms with E-state index in [0.29, 0.717) is 19.6 Å². The Hall–Kier alpha value is -2.33. The van der Waals surface area contributed by atoms with Crippen molar-refractivity contribution in [3.05, 3.63) is 65.2 Å². The summed E-state index contributed by atoms with van der Waals surface area (Å²) in [7, 11) is 1.67. The van der Waals surface area contributed by atoms with Gasteiger partial charge in [0.15, 0.2) is 6.10 Å². The number of hydrogen-bond donors (Lipinski definition) is 1. The van der Waals surface area contributed by atoms with Crippen molar-refractivity contribution < 1.29 is 14.3 Å². The number of amides is 1. The molecule has 22 heavy (non-hydrogen) atoms. The molecule has 1 aliphatic heterocycles. The smallest absolute Gasteiger partial charge is 0.261 e. The fraction of sp³-hybridized carbons (Fsp3) is 0.278. The summed E-state index contributed by atoms with van der Waals surface area (Å²) in [5.41, 5.74) is 3.23. The van der Waals surface area contributed by atoms with Gasteiger partial charge in [0.05, 0.1) is 6.61 Å². The molecule has 0 bridgehead atoms. The standard InChI is InChI=1S/C18H19NO3/c1-21-12-15-8-3-2-7-14(15)11-19-18(20)17-10-13-6-4-5-9-16(13)22-17/h2-9,17H,10-12H2,1H3,(H,19,20). The zero-order valence-corrected chi connectivity index (χ0v) is 12.5. The second-order valence-electron chi connectivity index (χ2n) is 5.34. The number of rotatable bonds is 5. The van der Waals surface area contributed by atoms with Crippen LogP contribution in [-0.4, -0.2) is 19.1 Å². The maximum atomic E-state index is 12.3. The van der Waals surface area contributed by atoms with Crippen LogP contribution in [0.4, 0.5) is 0 Å². The van der Waals surface area contributed by atoms with Gasteiger partial charge in [-0.25, -0.2) is 0 Å².